The summed E-state index contributed by atoms with van der Waals surface area (Å²) in [4.78, 5) is 16.4. The molecule has 10 heteroatoms. The average molecular weight is 493 g/mol. The number of hydrogen-bond acceptors (Lipinski definition) is 4. The zero-order chi connectivity index (χ0) is 25.4. The maximum atomic E-state index is 14.2. The lowest BCUT2D eigenvalue weighted by Gasteiger charge is -2.43. The smallest absolute Gasteiger partial charge is 0.384 e. The lowest BCUT2D eigenvalue weighted by atomic mass is 9.71. The van der Waals surface area contributed by atoms with Gasteiger partial charge in [0.05, 0.1) is 29.4 Å². The van der Waals surface area contributed by atoms with Crippen LogP contribution in [0.15, 0.2) is 36.4 Å². The number of carbonyl (C=O) groups is 1. The highest BCUT2D eigenvalue weighted by Gasteiger charge is 2.49. The Balaban J connectivity index is 1.53. The van der Waals surface area contributed by atoms with Crippen molar-refractivity contribution in [2.45, 2.75) is 19.0 Å². The molecule has 0 aromatic heterocycles. The molecular weight excluding hydrogens is 469 g/mol. The normalized spacial score (nSPS) is 19.7. The molecule has 2 fully saturated rings. The van der Waals surface area contributed by atoms with E-state index < -0.39 is 34.8 Å². The number of methoxy groups -OCH3 is 1. The predicted octanol–water partition coefficient (Wildman–Crippen LogP) is 4.86. The first-order valence-corrected chi connectivity index (χ1v) is 11.2. The molecule has 2 saturated heterocycles. The highest BCUT2D eigenvalue weighted by molar-refractivity contribution is 5.94. The molecule has 35 heavy (non-hydrogen) atoms. The summed E-state index contributed by atoms with van der Waals surface area (Å²) in [5.74, 6) is -2.24. The van der Waals surface area contributed by atoms with Crippen LogP contribution in [0.25, 0.3) is 0 Å². The molecular formula is C25H24F5N3O2. The van der Waals surface area contributed by atoms with E-state index in [0.29, 0.717) is 57.4 Å². The Bertz CT molecular complexity index is 1150. The lowest BCUT2D eigenvalue weighted by molar-refractivity contribution is -0.137. The van der Waals surface area contributed by atoms with E-state index in [2.05, 4.69) is 0 Å². The molecule has 2 aromatic rings. The van der Waals surface area contributed by atoms with Gasteiger partial charge in [-0.05, 0) is 48.6 Å². The van der Waals surface area contributed by atoms with Crippen molar-refractivity contribution in [3.8, 4) is 6.07 Å². The van der Waals surface area contributed by atoms with Gasteiger partial charge in [-0.25, -0.2) is 8.78 Å². The van der Waals surface area contributed by atoms with Crippen molar-refractivity contribution >= 4 is 11.6 Å². The van der Waals surface area contributed by atoms with E-state index in [0.717, 1.165) is 18.2 Å². The molecule has 1 unspecified atom stereocenters. The lowest BCUT2D eigenvalue weighted by Crippen LogP contribution is -2.45. The van der Waals surface area contributed by atoms with Crippen molar-refractivity contribution in [3.05, 3.63) is 64.7 Å². The molecule has 0 bridgehead atoms. The van der Waals surface area contributed by atoms with E-state index in [1.807, 2.05) is 4.90 Å². The minimum absolute atomic E-state index is 0.0335. The summed E-state index contributed by atoms with van der Waals surface area (Å²) >= 11 is 0. The van der Waals surface area contributed by atoms with Gasteiger partial charge in [0.2, 0.25) is 0 Å². The van der Waals surface area contributed by atoms with Gasteiger partial charge in [0.15, 0.2) is 0 Å². The number of alkyl halides is 3. The van der Waals surface area contributed by atoms with Gasteiger partial charge < -0.3 is 14.5 Å². The van der Waals surface area contributed by atoms with Gasteiger partial charge in [-0.2, -0.15) is 18.4 Å². The van der Waals surface area contributed by atoms with Gasteiger partial charge in [0.1, 0.15) is 11.6 Å². The number of nitriles is 1. The largest absolute Gasteiger partial charge is 0.417 e. The molecule has 1 atom stereocenters. The fraction of sp³-hybridized carbons (Fsp3) is 0.440. The van der Waals surface area contributed by atoms with Crippen LogP contribution in [-0.2, 0) is 10.9 Å². The maximum Gasteiger partial charge on any atom is 0.417 e. The molecule has 186 valence electrons. The quantitative estimate of drug-likeness (QED) is 0.571. The Morgan fingerprint density at radius 3 is 2.49 bits per heavy atom. The number of anilines is 1. The summed E-state index contributed by atoms with van der Waals surface area (Å²) in [7, 11) is 1.56. The number of benzene rings is 2. The molecule has 0 N–H and O–H groups in total. The topological polar surface area (TPSA) is 56.6 Å². The van der Waals surface area contributed by atoms with Gasteiger partial charge in [0, 0.05) is 51.0 Å². The molecule has 1 amide bonds. The highest BCUT2D eigenvalue weighted by atomic mass is 19.4. The predicted molar refractivity (Wildman–Crippen MR) is 118 cm³/mol. The van der Waals surface area contributed by atoms with Crippen molar-refractivity contribution in [2.24, 2.45) is 11.3 Å². The van der Waals surface area contributed by atoms with Crippen molar-refractivity contribution in [1.29, 1.82) is 5.26 Å². The second-order valence-corrected chi connectivity index (χ2v) is 9.15. The van der Waals surface area contributed by atoms with Crippen LogP contribution in [0.2, 0.25) is 0 Å². The van der Waals surface area contributed by atoms with Crippen LogP contribution in [-0.4, -0.2) is 50.7 Å². The van der Waals surface area contributed by atoms with Crippen LogP contribution >= 0.6 is 0 Å². The number of halogens is 5. The van der Waals surface area contributed by atoms with E-state index in [-0.39, 0.29) is 16.9 Å². The van der Waals surface area contributed by atoms with Crippen molar-refractivity contribution in [1.82, 2.24) is 4.90 Å². The standard InChI is InChI=1S/C25H24F5N3O2/c1-35-14-17-13-33(23(34)20-5-3-18(26)10-22(20)27)15-24(17)6-8-32(9-7-24)19-4-2-16(12-31)21(11-19)25(28,29)30/h2-5,10-11,17H,6-9,13-15H2,1H3. The first kappa shape index (κ1) is 24.9. The zero-order valence-corrected chi connectivity index (χ0v) is 19.0. The molecule has 2 heterocycles. The molecule has 1 spiro atoms. The van der Waals surface area contributed by atoms with Crippen molar-refractivity contribution in [2.75, 3.05) is 44.8 Å². The number of piperidine rings is 1. The monoisotopic (exact) mass is 493 g/mol. The molecule has 2 aliphatic rings. The zero-order valence-electron chi connectivity index (χ0n) is 19.0. The Morgan fingerprint density at radius 1 is 1.17 bits per heavy atom. The van der Waals surface area contributed by atoms with Gasteiger partial charge in [-0.1, -0.05) is 0 Å². The van der Waals surface area contributed by atoms with Crippen LogP contribution < -0.4 is 4.90 Å². The van der Waals surface area contributed by atoms with Crippen LogP contribution in [0.1, 0.15) is 34.3 Å². The third-order valence-electron chi connectivity index (χ3n) is 7.18. The molecule has 2 aromatic carbocycles. The fourth-order valence-corrected chi connectivity index (χ4v) is 5.29. The number of hydrogen-bond donors (Lipinski definition) is 0. The summed E-state index contributed by atoms with van der Waals surface area (Å²) in [6.07, 6.45) is -3.44. The highest BCUT2D eigenvalue weighted by Crippen LogP contribution is 2.46. The van der Waals surface area contributed by atoms with E-state index in [1.54, 1.807) is 18.1 Å². The summed E-state index contributed by atoms with van der Waals surface area (Å²) in [6, 6.07) is 8.15. The fourth-order valence-electron chi connectivity index (χ4n) is 5.29. The van der Waals surface area contributed by atoms with Crippen LogP contribution in [0.5, 0.6) is 0 Å². The third kappa shape index (κ3) is 4.82. The number of likely N-dealkylation sites (tertiary alicyclic amines) is 1. The Labute approximate surface area is 199 Å². The van der Waals surface area contributed by atoms with Crippen LogP contribution in [0, 0.1) is 34.3 Å². The molecule has 0 saturated carbocycles. The Kier molecular flexibility index (Phi) is 6.73. The number of amides is 1. The van der Waals surface area contributed by atoms with Crippen LogP contribution in [0.4, 0.5) is 27.6 Å². The summed E-state index contributed by atoms with van der Waals surface area (Å²) in [5, 5.41) is 9.04. The molecule has 5 nitrogen and oxygen atoms in total. The molecule has 0 aliphatic carbocycles. The number of ether oxygens (including phenoxy) is 1. The first-order chi connectivity index (χ1) is 16.6. The second kappa shape index (κ2) is 9.46. The minimum Gasteiger partial charge on any atom is -0.384 e. The maximum absolute atomic E-state index is 14.2. The van der Waals surface area contributed by atoms with Crippen LogP contribution in [0.3, 0.4) is 0 Å². The van der Waals surface area contributed by atoms with E-state index in [1.165, 1.54) is 12.1 Å². The van der Waals surface area contributed by atoms with Gasteiger partial charge in [0.25, 0.3) is 5.91 Å². The number of rotatable bonds is 4. The molecule has 2 aliphatic heterocycles. The SMILES string of the molecule is COCC1CN(C(=O)c2ccc(F)cc2F)CC12CCN(c1ccc(C#N)c(C(F)(F)F)c1)CC2. The Hall–Kier alpha value is -3.19. The van der Waals surface area contributed by atoms with E-state index in [4.69, 9.17) is 10.00 Å². The van der Waals surface area contributed by atoms with Gasteiger partial charge in [-0.15, -0.1) is 0 Å². The van der Waals surface area contributed by atoms with Gasteiger partial charge >= 0.3 is 6.18 Å². The van der Waals surface area contributed by atoms with Gasteiger partial charge in [-0.3, -0.25) is 4.79 Å². The first-order valence-electron chi connectivity index (χ1n) is 11.2. The summed E-state index contributed by atoms with van der Waals surface area (Å²) < 4.78 is 73.1. The van der Waals surface area contributed by atoms with E-state index in [9.17, 15) is 26.7 Å². The summed E-state index contributed by atoms with van der Waals surface area (Å²) in [5.41, 5.74) is -1.54. The second-order valence-electron chi connectivity index (χ2n) is 9.15. The third-order valence-corrected chi connectivity index (χ3v) is 7.18. The average Bonchev–Trinajstić information content (AvgIpc) is 3.16. The number of nitrogens with zero attached hydrogens (tertiary/aromatic N) is 3. The van der Waals surface area contributed by atoms with E-state index >= 15 is 0 Å². The Morgan fingerprint density at radius 2 is 1.89 bits per heavy atom. The minimum atomic E-state index is -4.64. The molecule has 0 radical (unpaired) electrons. The molecule has 4 rings (SSSR count). The van der Waals surface area contributed by atoms with Crippen molar-refractivity contribution in [3.63, 3.8) is 0 Å². The summed E-state index contributed by atoms with van der Waals surface area (Å²) in [6.45, 7) is 1.99. The number of carbonyl (C=O) groups excluding carboxylic acids is 1. The van der Waals surface area contributed by atoms with Crippen molar-refractivity contribution < 1.29 is 31.5 Å².